The van der Waals surface area contributed by atoms with Crippen molar-refractivity contribution in [3.63, 3.8) is 0 Å². The molecule has 162 valence electrons. The van der Waals surface area contributed by atoms with E-state index < -0.39 is 35.0 Å². The van der Waals surface area contributed by atoms with E-state index in [1.807, 2.05) is 0 Å². The fourth-order valence-corrected chi connectivity index (χ4v) is 4.26. The number of rotatable bonds is 8. The van der Waals surface area contributed by atoms with E-state index in [1.165, 1.54) is 29.2 Å². The Morgan fingerprint density at radius 2 is 1.80 bits per heavy atom. The summed E-state index contributed by atoms with van der Waals surface area (Å²) in [6.07, 6.45) is -0.293. The first kappa shape index (κ1) is 21.7. The van der Waals surface area contributed by atoms with Crippen molar-refractivity contribution in [1.29, 1.82) is 0 Å². The molecule has 3 amide bonds. The quantitative estimate of drug-likeness (QED) is 0.586. The van der Waals surface area contributed by atoms with E-state index in [9.17, 15) is 28.0 Å². The van der Waals surface area contributed by atoms with Gasteiger partial charge in [0.25, 0.3) is 5.92 Å². The van der Waals surface area contributed by atoms with Gasteiger partial charge in [-0.05, 0) is 44.0 Å². The molecular weight excluding hydrogens is 400 g/mol. The molecule has 4 N–H and O–H groups in total. The minimum atomic E-state index is -3.27. The van der Waals surface area contributed by atoms with Crippen LogP contribution in [0.4, 0.5) is 14.5 Å². The van der Waals surface area contributed by atoms with E-state index in [4.69, 9.17) is 10.8 Å². The zero-order chi connectivity index (χ0) is 22.3. The van der Waals surface area contributed by atoms with Gasteiger partial charge in [0.1, 0.15) is 5.92 Å². The number of carbonyl (C=O) groups excluding carboxylic acids is 3. The molecule has 1 aromatic rings. The molecule has 0 radical (unpaired) electrons. The van der Waals surface area contributed by atoms with Crippen LogP contribution in [0.5, 0.6) is 0 Å². The van der Waals surface area contributed by atoms with Gasteiger partial charge in [0.15, 0.2) is 0 Å². The Morgan fingerprint density at radius 3 is 2.27 bits per heavy atom. The van der Waals surface area contributed by atoms with Gasteiger partial charge >= 0.3 is 5.97 Å². The number of nitrogens with two attached hydrogens (primary N) is 1. The minimum Gasteiger partial charge on any atom is -0.481 e. The van der Waals surface area contributed by atoms with Crippen molar-refractivity contribution in [1.82, 2.24) is 4.90 Å². The SMILES string of the molecule is CCN(CCC(=O)Nc1ccc(C(N)=O)cc1)C(=O)C1CC2(C1)C(C(=O)O)C2(F)F. The second-order valence-electron chi connectivity index (χ2n) is 7.81. The normalized spacial score (nSPS) is 25.8. The van der Waals surface area contributed by atoms with Gasteiger partial charge in [0, 0.05) is 36.7 Å². The number of primary amides is 1. The van der Waals surface area contributed by atoms with E-state index in [1.54, 1.807) is 6.92 Å². The number of halogens is 2. The number of benzene rings is 1. The molecule has 0 bridgehead atoms. The van der Waals surface area contributed by atoms with Gasteiger partial charge < -0.3 is 21.1 Å². The molecule has 0 saturated heterocycles. The third kappa shape index (κ3) is 3.61. The third-order valence-electron chi connectivity index (χ3n) is 6.07. The molecule has 1 atom stereocenters. The average Bonchev–Trinajstić information content (AvgIpc) is 3.18. The molecule has 0 heterocycles. The molecule has 30 heavy (non-hydrogen) atoms. The minimum absolute atomic E-state index is 0.00290. The van der Waals surface area contributed by atoms with Crippen LogP contribution >= 0.6 is 0 Å². The van der Waals surface area contributed by atoms with E-state index >= 15 is 0 Å². The van der Waals surface area contributed by atoms with Gasteiger partial charge in [-0.2, -0.15) is 0 Å². The number of carboxylic acids is 1. The molecule has 0 aliphatic heterocycles. The summed E-state index contributed by atoms with van der Waals surface area (Å²) in [7, 11) is 0. The number of anilines is 1. The molecule has 1 spiro atoms. The van der Waals surface area contributed by atoms with Crippen LogP contribution in [0.2, 0.25) is 0 Å². The predicted octanol–water partition coefficient (Wildman–Crippen LogP) is 1.71. The topological polar surface area (TPSA) is 130 Å². The summed E-state index contributed by atoms with van der Waals surface area (Å²) in [6, 6.07) is 6.01. The highest BCUT2D eigenvalue weighted by atomic mass is 19.3. The summed E-state index contributed by atoms with van der Waals surface area (Å²) in [5, 5.41) is 11.6. The largest absolute Gasteiger partial charge is 0.481 e. The first-order valence-corrected chi connectivity index (χ1v) is 9.62. The monoisotopic (exact) mass is 423 g/mol. The highest BCUT2D eigenvalue weighted by Crippen LogP contribution is 2.76. The highest BCUT2D eigenvalue weighted by Gasteiger charge is 2.87. The molecule has 2 aliphatic carbocycles. The Labute approximate surface area is 171 Å². The van der Waals surface area contributed by atoms with Crippen LogP contribution in [0, 0.1) is 17.3 Å². The highest BCUT2D eigenvalue weighted by molar-refractivity contribution is 5.95. The van der Waals surface area contributed by atoms with Gasteiger partial charge in [-0.15, -0.1) is 0 Å². The molecule has 3 rings (SSSR count). The fourth-order valence-electron chi connectivity index (χ4n) is 4.26. The van der Waals surface area contributed by atoms with E-state index in [0.29, 0.717) is 17.8 Å². The molecule has 0 aromatic heterocycles. The Hall–Kier alpha value is -3.04. The Morgan fingerprint density at radius 1 is 1.20 bits per heavy atom. The summed E-state index contributed by atoms with van der Waals surface area (Å²) < 4.78 is 27.6. The number of amides is 3. The number of aliphatic carboxylic acids is 1. The van der Waals surface area contributed by atoms with Gasteiger partial charge in [-0.25, -0.2) is 8.78 Å². The summed E-state index contributed by atoms with van der Waals surface area (Å²) in [5.41, 5.74) is 4.34. The molecular formula is C20H23F2N3O5. The lowest BCUT2D eigenvalue weighted by Gasteiger charge is -2.38. The molecule has 2 saturated carbocycles. The predicted molar refractivity (Wildman–Crippen MR) is 102 cm³/mol. The number of carbonyl (C=O) groups is 4. The van der Waals surface area contributed by atoms with Crippen molar-refractivity contribution in [2.45, 2.75) is 32.1 Å². The second-order valence-corrected chi connectivity index (χ2v) is 7.81. The Bertz CT molecular complexity index is 881. The smallest absolute Gasteiger partial charge is 0.313 e. The van der Waals surface area contributed by atoms with Crippen molar-refractivity contribution in [2.75, 3.05) is 18.4 Å². The van der Waals surface area contributed by atoms with Crippen molar-refractivity contribution in [3.05, 3.63) is 29.8 Å². The zero-order valence-corrected chi connectivity index (χ0v) is 16.4. The first-order valence-electron chi connectivity index (χ1n) is 9.62. The van der Waals surface area contributed by atoms with Crippen molar-refractivity contribution >= 4 is 29.4 Å². The van der Waals surface area contributed by atoms with Gasteiger partial charge in [0.2, 0.25) is 17.7 Å². The van der Waals surface area contributed by atoms with Crippen LogP contribution in [0.1, 0.15) is 36.5 Å². The maximum atomic E-state index is 13.8. The fraction of sp³-hybridized carbons (Fsp3) is 0.500. The first-order chi connectivity index (χ1) is 14.0. The van der Waals surface area contributed by atoms with Crippen LogP contribution in [0.15, 0.2) is 24.3 Å². The lowest BCUT2D eigenvalue weighted by Crippen LogP contribution is -2.45. The van der Waals surface area contributed by atoms with Crippen LogP contribution < -0.4 is 11.1 Å². The summed E-state index contributed by atoms with van der Waals surface area (Å²) in [6.45, 7) is 2.14. The van der Waals surface area contributed by atoms with Crippen LogP contribution in [0.3, 0.4) is 0 Å². The number of hydrogen-bond donors (Lipinski definition) is 3. The van der Waals surface area contributed by atoms with E-state index in [-0.39, 0.29) is 37.6 Å². The van der Waals surface area contributed by atoms with Crippen LogP contribution in [-0.4, -0.2) is 52.7 Å². The van der Waals surface area contributed by atoms with Gasteiger partial charge in [-0.1, -0.05) is 0 Å². The maximum Gasteiger partial charge on any atom is 0.313 e. The van der Waals surface area contributed by atoms with Gasteiger partial charge in [-0.3, -0.25) is 19.2 Å². The molecule has 1 aromatic carbocycles. The maximum absolute atomic E-state index is 13.8. The standard InChI is InChI=1S/C20H23F2N3O5/c1-2-25(8-7-14(26)24-13-5-3-11(4-6-13)16(23)27)17(28)12-9-19(10-12)15(18(29)30)20(19,21)22/h3-6,12,15H,2,7-10H2,1H3,(H2,23,27)(H,24,26)(H,29,30). The number of nitrogens with zero attached hydrogens (tertiary/aromatic N) is 1. The summed E-state index contributed by atoms with van der Waals surface area (Å²) >= 11 is 0. The Kier molecular flexibility index (Phi) is 5.53. The number of hydrogen-bond acceptors (Lipinski definition) is 4. The molecule has 10 heteroatoms. The zero-order valence-electron chi connectivity index (χ0n) is 16.4. The molecule has 2 fully saturated rings. The van der Waals surface area contributed by atoms with Crippen LogP contribution in [0.25, 0.3) is 0 Å². The van der Waals surface area contributed by atoms with E-state index in [0.717, 1.165) is 0 Å². The molecule has 8 nitrogen and oxygen atoms in total. The van der Waals surface area contributed by atoms with Crippen molar-refractivity contribution < 1.29 is 33.1 Å². The molecule has 2 aliphatic rings. The molecule has 1 unspecified atom stereocenters. The van der Waals surface area contributed by atoms with E-state index in [2.05, 4.69) is 5.32 Å². The number of nitrogens with one attached hydrogen (secondary N) is 1. The van der Waals surface area contributed by atoms with Gasteiger partial charge in [0.05, 0.1) is 5.41 Å². The van der Waals surface area contributed by atoms with Crippen molar-refractivity contribution in [2.24, 2.45) is 23.0 Å². The second kappa shape index (κ2) is 7.66. The average molecular weight is 423 g/mol. The number of alkyl halides is 2. The summed E-state index contributed by atoms with van der Waals surface area (Å²) in [4.78, 5) is 48.2. The van der Waals surface area contributed by atoms with Crippen molar-refractivity contribution in [3.8, 4) is 0 Å². The Balaban J connectivity index is 1.49. The third-order valence-corrected chi connectivity index (χ3v) is 6.07. The summed E-state index contributed by atoms with van der Waals surface area (Å²) in [5.74, 6) is -8.43. The lowest BCUT2D eigenvalue weighted by molar-refractivity contribution is -0.145. The number of carboxylic acid groups (broad SMARTS) is 1. The lowest BCUT2D eigenvalue weighted by atomic mass is 9.69. The van der Waals surface area contributed by atoms with Crippen LogP contribution in [-0.2, 0) is 14.4 Å².